The standard InChI is InChI=1S/C9H17N2/c1-2-11(9-5-6-10)7-3-4-8-11/h2-5,7-9H2,1H3/q+1. The van der Waals surface area contributed by atoms with E-state index in [1.54, 1.807) is 0 Å². The summed E-state index contributed by atoms with van der Waals surface area (Å²) in [5.74, 6) is 0. The molecule has 1 heterocycles. The SMILES string of the molecule is CC[N+]1(CCC#N)CCCC1. The summed E-state index contributed by atoms with van der Waals surface area (Å²) in [6.07, 6.45) is 3.45. The summed E-state index contributed by atoms with van der Waals surface area (Å²) in [5.41, 5.74) is 0. The van der Waals surface area contributed by atoms with Gasteiger partial charge in [-0.3, -0.25) is 0 Å². The van der Waals surface area contributed by atoms with E-state index in [4.69, 9.17) is 5.26 Å². The summed E-state index contributed by atoms with van der Waals surface area (Å²) in [7, 11) is 0. The Morgan fingerprint density at radius 1 is 1.36 bits per heavy atom. The van der Waals surface area contributed by atoms with Crippen molar-refractivity contribution < 1.29 is 4.48 Å². The van der Waals surface area contributed by atoms with Gasteiger partial charge < -0.3 is 4.48 Å². The van der Waals surface area contributed by atoms with Crippen LogP contribution in [0, 0.1) is 11.3 Å². The molecule has 2 heteroatoms. The van der Waals surface area contributed by atoms with Crippen LogP contribution in [0.2, 0.25) is 0 Å². The molecule has 0 bridgehead atoms. The van der Waals surface area contributed by atoms with Gasteiger partial charge in [0, 0.05) is 12.8 Å². The van der Waals surface area contributed by atoms with Crippen molar-refractivity contribution >= 4 is 0 Å². The second-order valence-electron chi connectivity index (χ2n) is 3.44. The van der Waals surface area contributed by atoms with Crippen LogP contribution >= 0.6 is 0 Å². The van der Waals surface area contributed by atoms with Gasteiger partial charge in [0.1, 0.15) is 0 Å². The van der Waals surface area contributed by atoms with E-state index in [2.05, 4.69) is 13.0 Å². The summed E-state index contributed by atoms with van der Waals surface area (Å²) >= 11 is 0. The van der Waals surface area contributed by atoms with Gasteiger partial charge in [0.25, 0.3) is 0 Å². The van der Waals surface area contributed by atoms with Crippen LogP contribution in [0.25, 0.3) is 0 Å². The van der Waals surface area contributed by atoms with Crippen molar-refractivity contribution in [2.45, 2.75) is 26.2 Å². The van der Waals surface area contributed by atoms with Crippen LogP contribution in [0.5, 0.6) is 0 Å². The molecule has 0 amide bonds. The van der Waals surface area contributed by atoms with Crippen LogP contribution in [0.15, 0.2) is 0 Å². The molecule has 11 heavy (non-hydrogen) atoms. The molecule has 1 fully saturated rings. The maximum Gasteiger partial charge on any atom is 0.0918 e. The minimum atomic E-state index is 0.730. The van der Waals surface area contributed by atoms with Gasteiger partial charge in [-0.2, -0.15) is 5.26 Å². The van der Waals surface area contributed by atoms with Crippen LogP contribution in [-0.2, 0) is 0 Å². The Kier molecular flexibility index (Phi) is 2.90. The minimum absolute atomic E-state index is 0.730. The molecule has 0 aliphatic carbocycles. The van der Waals surface area contributed by atoms with E-state index in [1.807, 2.05) is 0 Å². The van der Waals surface area contributed by atoms with Crippen LogP contribution in [0.3, 0.4) is 0 Å². The lowest BCUT2D eigenvalue weighted by Gasteiger charge is -2.32. The predicted octanol–water partition coefficient (Wildman–Crippen LogP) is 1.53. The third-order valence-corrected chi connectivity index (χ3v) is 2.88. The summed E-state index contributed by atoms with van der Waals surface area (Å²) in [6, 6.07) is 2.24. The van der Waals surface area contributed by atoms with Crippen molar-refractivity contribution in [1.82, 2.24) is 0 Å². The number of likely N-dealkylation sites (tertiary alicyclic amines) is 1. The molecule has 0 aromatic heterocycles. The highest BCUT2D eigenvalue weighted by Crippen LogP contribution is 2.18. The Morgan fingerprint density at radius 2 is 2.00 bits per heavy atom. The van der Waals surface area contributed by atoms with E-state index >= 15 is 0 Å². The van der Waals surface area contributed by atoms with Crippen molar-refractivity contribution in [2.24, 2.45) is 0 Å². The highest BCUT2D eigenvalue weighted by atomic mass is 15.4. The lowest BCUT2D eigenvalue weighted by molar-refractivity contribution is -0.914. The molecule has 0 atom stereocenters. The zero-order valence-corrected chi connectivity index (χ0v) is 7.34. The van der Waals surface area contributed by atoms with Gasteiger partial charge in [-0.05, 0) is 6.92 Å². The van der Waals surface area contributed by atoms with Gasteiger partial charge in [0.05, 0.1) is 38.7 Å². The summed E-state index contributed by atoms with van der Waals surface area (Å²) < 4.78 is 1.20. The van der Waals surface area contributed by atoms with Crippen molar-refractivity contribution in [3.63, 3.8) is 0 Å². The lowest BCUT2D eigenvalue weighted by atomic mass is 10.3. The molecule has 0 aromatic rings. The number of rotatable bonds is 3. The molecule has 2 nitrogen and oxygen atoms in total. The first kappa shape index (κ1) is 8.55. The maximum atomic E-state index is 8.48. The Hall–Kier alpha value is -0.550. The zero-order valence-electron chi connectivity index (χ0n) is 7.34. The summed E-state index contributed by atoms with van der Waals surface area (Å²) in [6.45, 7) is 7.13. The van der Waals surface area contributed by atoms with Crippen LogP contribution < -0.4 is 0 Å². The third kappa shape index (κ3) is 1.94. The molecule has 0 saturated carbocycles. The molecule has 1 aliphatic rings. The Bertz CT molecular complexity index is 151. The number of nitriles is 1. The first-order chi connectivity index (χ1) is 5.33. The average molecular weight is 153 g/mol. The Balaban J connectivity index is 2.40. The van der Waals surface area contributed by atoms with Gasteiger partial charge >= 0.3 is 0 Å². The van der Waals surface area contributed by atoms with Gasteiger partial charge in [-0.15, -0.1) is 0 Å². The van der Waals surface area contributed by atoms with Gasteiger partial charge in [0.15, 0.2) is 0 Å². The van der Waals surface area contributed by atoms with Crippen molar-refractivity contribution in [3.05, 3.63) is 0 Å². The fourth-order valence-electron chi connectivity index (χ4n) is 1.99. The van der Waals surface area contributed by atoms with Crippen LogP contribution in [0.4, 0.5) is 0 Å². The Morgan fingerprint density at radius 3 is 2.45 bits per heavy atom. The highest BCUT2D eigenvalue weighted by Gasteiger charge is 2.28. The second-order valence-corrected chi connectivity index (χ2v) is 3.44. The second kappa shape index (κ2) is 3.73. The van der Waals surface area contributed by atoms with Gasteiger partial charge in [-0.25, -0.2) is 0 Å². The van der Waals surface area contributed by atoms with E-state index in [0.717, 1.165) is 13.0 Å². The molecule has 1 saturated heterocycles. The van der Waals surface area contributed by atoms with E-state index < -0.39 is 0 Å². The van der Waals surface area contributed by atoms with Crippen molar-refractivity contribution in [2.75, 3.05) is 26.2 Å². The summed E-state index contributed by atoms with van der Waals surface area (Å²) in [5, 5.41) is 8.48. The first-order valence-electron chi connectivity index (χ1n) is 4.55. The molecule has 1 rings (SSSR count). The monoisotopic (exact) mass is 153 g/mol. The molecule has 0 aromatic carbocycles. The molecule has 0 N–H and O–H groups in total. The number of nitrogens with zero attached hydrogens (tertiary/aromatic N) is 2. The van der Waals surface area contributed by atoms with Gasteiger partial charge in [-0.1, -0.05) is 0 Å². The molecule has 62 valence electrons. The molecule has 0 unspecified atom stereocenters. The number of hydrogen-bond acceptors (Lipinski definition) is 1. The smallest absolute Gasteiger partial charge is 0.0918 e. The number of hydrogen-bond donors (Lipinski definition) is 0. The highest BCUT2D eigenvalue weighted by molar-refractivity contribution is 4.69. The number of quaternary nitrogens is 1. The predicted molar refractivity (Wildman–Crippen MR) is 44.9 cm³/mol. The fraction of sp³-hybridized carbons (Fsp3) is 0.889. The molecule has 1 aliphatic heterocycles. The molecular weight excluding hydrogens is 136 g/mol. The lowest BCUT2D eigenvalue weighted by Crippen LogP contribution is -2.45. The minimum Gasteiger partial charge on any atom is -0.323 e. The van der Waals surface area contributed by atoms with Crippen LogP contribution in [0.1, 0.15) is 26.2 Å². The normalized spacial score (nSPS) is 21.5. The Labute approximate surface area is 69.0 Å². The topological polar surface area (TPSA) is 23.8 Å². The zero-order chi connectivity index (χ0) is 8.16. The van der Waals surface area contributed by atoms with E-state index in [1.165, 1.54) is 37.0 Å². The quantitative estimate of drug-likeness (QED) is 0.564. The fourth-order valence-corrected chi connectivity index (χ4v) is 1.99. The van der Waals surface area contributed by atoms with Crippen LogP contribution in [-0.4, -0.2) is 30.7 Å². The van der Waals surface area contributed by atoms with Crippen molar-refractivity contribution in [3.8, 4) is 6.07 Å². The molecule has 0 spiro atoms. The first-order valence-corrected chi connectivity index (χ1v) is 4.55. The molecular formula is C9H17N2+. The average Bonchev–Trinajstić information content (AvgIpc) is 2.50. The maximum absolute atomic E-state index is 8.48. The van der Waals surface area contributed by atoms with E-state index in [9.17, 15) is 0 Å². The molecule has 0 radical (unpaired) electrons. The van der Waals surface area contributed by atoms with Crippen molar-refractivity contribution in [1.29, 1.82) is 5.26 Å². The largest absolute Gasteiger partial charge is 0.323 e. The summed E-state index contributed by atoms with van der Waals surface area (Å²) in [4.78, 5) is 0. The van der Waals surface area contributed by atoms with E-state index in [-0.39, 0.29) is 0 Å². The third-order valence-electron chi connectivity index (χ3n) is 2.88. The van der Waals surface area contributed by atoms with Gasteiger partial charge in [0.2, 0.25) is 0 Å². The van der Waals surface area contributed by atoms with E-state index in [0.29, 0.717) is 0 Å².